The first-order chi connectivity index (χ1) is 13.8. The quantitative estimate of drug-likeness (QED) is 0.201. The number of unbranched alkanes of at least 4 members (excludes halogenated alkanes) is 9. The fourth-order valence-corrected chi connectivity index (χ4v) is 5.12. The minimum atomic E-state index is 0.0113. The minimum Gasteiger partial charge on any atom is -0.365 e. The van der Waals surface area contributed by atoms with E-state index in [1.807, 2.05) is 12.3 Å². The summed E-state index contributed by atoms with van der Waals surface area (Å²) in [4.78, 5) is 12.0. The molecule has 2 unspecified atom stereocenters. The molecule has 1 aliphatic carbocycles. The van der Waals surface area contributed by atoms with Crippen molar-refractivity contribution in [2.24, 2.45) is 11.3 Å². The van der Waals surface area contributed by atoms with Crippen LogP contribution in [0.15, 0.2) is 36.2 Å². The van der Waals surface area contributed by atoms with Gasteiger partial charge in [-0.2, -0.15) is 0 Å². The van der Waals surface area contributed by atoms with Gasteiger partial charge in [0.05, 0.1) is 0 Å². The molecule has 0 radical (unpaired) electrons. The normalized spacial score (nSPS) is 24.9. The Hall–Kier alpha value is -1.31. The first-order valence-electron chi connectivity index (χ1n) is 12.1. The Kier molecular flexibility index (Phi) is 11.3. The summed E-state index contributed by atoms with van der Waals surface area (Å²) in [5.41, 5.74) is 1.28. The second-order valence-corrected chi connectivity index (χ2v) is 8.90. The monoisotopic (exact) mass is 385 g/mol. The maximum Gasteiger partial charge on any atom is 0.124 e. The largest absolute Gasteiger partial charge is 0.365 e. The predicted molar refractivity (Wildman–Crippen MR) is 121 cm³/mol. The molecular formula is C26H43NO. The zero-order chi connectivity index (χ0) is 19.9. The number of nitrogens with one attached hydrogen (secondary N) is 1. The van der Waals surface area contributed by atoms with Crippen molar-refractivity contribution in [1.82, 2.24) is 5.32 Å². The van der Waals surface area contributed by atoms with Crippen molar-refractivity contribution in [2.45, 2.75) is 110 Å². The van der Waals surface area contributed by atoms with Gasteiger partial charge in [-0.05, 0) is 31.4 Å². The molecule has 0 aromatic carbocycles. The van der Waals surface area contributed by atoms with Crippen LogP contribution in [0.5, 0.6) is 0 Å². The van der Waals surface area contributed by atoms with Gasteiger partial charge < -0.3 is 10.1 Å². The SMILES string of the molecule is CCCCCCCCCCCCC1(C2=CC=CC=CN2)CCCCCC1C=O. The second-order valence-electron chi connectivity index (χ2n) is 8.90. The van der Waals surface area contributed by atoms with Gasteiger partial charge in [-0.25, -0.2) is 0 Å². The van der Waals surface area contributed by atoms with Gasteiger partial charge in [0.15, 0.2) is 0 Å². The summed E-state index contributed by atoms with van der Waals surface area (Å²) in [6.07, 6.45) is 32.5. The van der Waals surface area contributed by atoms with Crippen molar-refractivity contribution in [1.29, 1.82) is 0 Å². The van der Waals surface area contributed by atoms with E-state index in [9.17, 15) is 4.79 Å². The molecular weight excluding hydrogens is 342 g/mol. The highest BCUT2D eigenvalue weighted by molar-refractivity contribution is 5.57. The maximum atomic E-state index is 12.0. The zero-order valence-corrected chi connectivity index (χ0v) is 18.3. The molecule has 2 atom stereocenters. The van der Waals surface area contributed by atoms with E-state index in [2.05, 4.69) is 30.5 Å². The molecule has 2 heteroatoms. The lowest BCUT2D eigenvalue weighted by atomic mass is 9.66. The molecule has 1 fully saturated rings. The Balaban J connectivity index is 1.85. The van der Waals surface area contributed by atoms with Gasteiger partial charge in [-0.15, -0.1) is 0 Å². The molecule has 0 aromatic rings. The predicted octanol–water partition coefficient (Wildman–Crippen LogP) is 7.62. The third-order valence-corrected chi connectivity index (χ3v) is 6.85. The molecule has 1 saturated carbocycles. The molecule has 2 rings (SSSR count). The molecule has 0 saturated heterocycles. The molecule has 2 nitrogen and oxygen atoms in total. The number of hydrogen-bond donors (Lipinski definition) is 1. The van der Waals surface area contributed by atoms with E-state index >= 15 is 0 Å². The second kappa shape index (κ2) is 13.8. The molecule has 1 N–H and O–H groups in total. The van der Waals surface area contributed by atoms with Crippen LogP contribution in [0.3, 0.4) is 0 Å². The van der Waals surface area contributed by atoms with Gasteiger partial charge in [-0.1, -0.05) is 103 Å². The Labute approximate surface area is 173 Å². The molecule has 28 heavy (non-hydrogen) atoms. The first-order valence-corrected chi connectivity index (χ1v) is 12.1. The minimum absolute atomic E-state index is 0.0113. The molecule has 0 amide bonds. The van der Waals surface area contributed by atoms with Crippen LogP contribution in [0.25, 0.3) is 0 Å². The Morgan fingerprint density at radius 1 is 0.929 bits per heavy atom. The number of aldehydes is 1. The van der Waals surface area contributed by atoms with Crippen LogP contribution in [0.4, 0.5) is 0 Å². The lowest BCUT2D eigenvalue weighted by molar-refractivity contribution is -0.114. The molecule has 0 spiro atoms. The average molecular weight is 386 g/mol. The molecule has 1 aliphatic heterocycles. The lowest BCUT2D eigenvalue weighted by Crippen LogP contribution is -2.37. The maximum absolute atomic E-state index is 12.0. The summed E-state index contributed by atoms with van der Waals surface area (Å²) in [7, 11) is 0. The Bertz CT molecular complexity index is 519. The average Bonchev–Trinajstić information content (AvgIpc) is 3.11. The molecule has 0 bridgehead atoms. The zero-order valence-electron chi connectivity index (χ0n) is 18.3. The fourth-order valence-electron chi connectivity index (χ4n) is 5.12. The number of carbonyl (C=O) groups is 1. The first kappa shape index (κ1) is 23.0. The van der Waals surface area contributed by atoms with Crippen LogP contribution in [-0.4, -0.2) is 6.29 Å². The van der Waals surface area contributed by atoms with E-state index in [1.165, 1.54) is 95.5 Å². The van der Waals surface area contributed by atoms with Crippen LogP contribution in [-0.2, 0) is 4.79 Å². The summed E-state index contributed by atoms with van der Waals surface area (Å²) in [6.45, 7) is 2.28. The van der Waals surface area contributed by atoms with Gasteiger partial charge in [0.25, 0.3) is 0 Å². The van der Waals surface area contributed by atoms with Crippen molar-refractivity contribution in [3.8, 4) is 0 Å². The third kappa shape index (κ3) is 7.26. The smallest absolute Gasteiger partial charge is 0.124 e. The van der Waals surface area contributed by atoms with Crippen molar-refractivity contribution < 1.29 is 4.79 Å². The lowest BCUT2D eigenvalue weighted by Gasteiger charge is -2.40. The van der Waals surface area contributed by atoms with Gasteiger partial charge in [0.2, 0.25) is 0 Å². The fraction of sp³-hybridized carbons (Fsp3) is 0.731. The van der Waals surface area contributed by atoms with Crippen LogP contribution in [0, 0.1) is 11.3 Å². The van der Waals surface area contributed by atoms with E-state index in [1.54, 1.807) is 0 Å². The molecule has 0 aromatic heterocycles. The molecule has 1 heterocycles. The van der Waals surface area contributed by atoms with Crippen LogP contribution in [0.2, 0.25) is 0 Å². The standard InChI is InChI=1S/C26H43NO/c1-2-3-4-5-6-7-8-9-10-15-20-26(25-19-14-12-17-22-27-25)21-16-11-13-18-24(26)23-28/h12,14,17,19,22-24,27H,2-11,13,15-16,18,20-21H2,1H3. The number of hydrogen-bond acceptors (Lipinski definition) is 2. The van der Waals surface area contributed by atoms with Crippen molar-refractivity contribution in [3.05, 3.63) is 36.2 Å². The van der Waals surface area contributed by atoms with Crippen molar-refractivity contribution in [2.75, 3.05) is 0 Å². The summed E-state index contributed by atoms with van der Waals surface area (Å²) < 4.78 is 0. The van der Waals surface area contributed by atoms with E-state index in [4.69, 9.17) is 0 Å². The van der Waals surface area contributed by atoms with Crippen LogP contribution < -0.4 is 5.32 Å². The Morgan fingerprint density at radius 3 is 2.36 bits per heavy atom. The number of rotatable bonds is 13. The number of carbonyl (C=O) groups excluding carboxylic acids is 1. The highest BCUT2D eigenvalue weighted by Crippen LogP contribution is 2.48. The van der Waals surface area contributed by atoms with E-state index in [0.29, 0.717) is 0 Å². The molecule has 2 aliphatic rings. The highest BCUT2D eigenvalue weighted by atomic mass is 16.1. The van der Waals surface area contributed by atoms with E-state index in [0.717, 1.165) is 19.3 Å². The highest BCUT2D eigenvalue weighted by Gasteiger charge is 2.42. The topological polar surface area (TPSA) is 29.1 Å². The molecule has 158 valence electrons. The van der Waals surface area contributed by atoms with E-state index < -0.39 is 0 Å². The van der Waals surface area contributed by atoms with Crippen LogP contribution in [0.1, 0.15) is 110 Å². The van der Waals surface area contributed by atoms with Gasteiger partial charge in [0.1, 0.15) is 6.29 Å². The number of allylic oxidation sites excluding steroid dienone is 5. The Morgan fingerprint density at radius 2 is 1.64 bits per heavy atom. The van der Waals surface area contributed by atoms with Gasteiger partial charge in [-0.3, -0.25) is 0 Å². The van der Waals surface area contributed by atoms with Gasteiger partial charge >= 0.3 is 0 Å². The van der Waals surface area contributed by atoms with Gasteiger partial charge in [0, 0.05) is 23.2 Å². The van der Waals surface area contributed by atoms with Crippen molar-refractivity contribution in [3.63, 3.8) is 0 Å². The summed E-state index contributed by atoms with van der Waals surface area (Å²) in [5, 5.41) is 3.53. The summed E-state index contributed by atoms with van der Waals surface area (Å²) in [5.74, 6) is 0.159. The summed E-state index contributed by atoms with van der Waals surface area (Å²) >= 11 is 0. The van der Waals surface area contributed by atoms with E-state index in [-0.39, 0.29) is 11.3 Å². The van der Waals surface area contributed by atoms with Crippen molar-refractivity contribution >= 4 is 6.29 Å². The summed E-state index contributed by atoms with van der Waals surface area (Å²) in [6, 6.07) is 0. The third-order valence-electron chi connectivity index (χ3n) is 6.85. The van der Waals surface area contributed by atoms with Crippen LogP contribution >= 0.6 is 0 Å².